The van der Waals surface area contributed by atoms with Gasteiger partial charge in [0, 0.05) is 16.4 Å². The molecule has 3 N–H and O–H groups in total. The van der Waals surface area contributed by atoms with Crippen molar-refractivity contribution in [2.45, 2.75) is 16.7 Å². The monoisotopic (exact) mass is 345 g/mol. The third kappa shape index (κ3) is 5.00. The van der Waals surface area contributed by atoms with Crippen LogP contribution in [0, 0.1) is 0 Å². The maximum Gasteiger partial charge on any atom is 0.413 e. The van der Waals surface area contributed by atoms with Crippen LogP contribution in [0.25, 0.3) is 11.0 Å². The molecule has 0 atom stereocenters. The van der Waals surface area contributed by atoms with Gasteiger partial charge in [-0.25, -0.2) is 9.78 Å². The highest BCUT2D eigenvalue weighted by molar-refractivity contribution is 7.99. The normalized spacial score (nSPS) is 9.96. The highest BCUT2D eigenvalue weighted by atomic mass is 32.2. The van der Waals surface area contributed by atoms with Crippen molar-refractivity contribution in [3.8, 4) is 0 Å². The molecule has 0 saturated carbocycles. The summed E-state index contributed by atoms with van der Waals surface area (Å²) in [5.74, 6) is 0.374. The van der Waals surface area contributed by atoms with Crippen LogP contribution in [0.5, 0.6) is 0 Å². The highest BCUT2D eigenvalue weighted by Gasteiger charge is 2.07. The number of carbonyl (C=O) groups excluding carboxylic acids is 1. The van der Waals surface area contributed by atoms with Gasteiger partial charge in [-0.15, -0.1) is 0 Å². The Morgan fingerprint density at radius 1 is 1.25 bits per heavy atom. The SMILES string of the molecule is CCO.COC(=O)Nc1nc2cc(Sc3ccccc3)ccc2[nH]1. The maximum absolute atomic E-state index is 11.2. The number of nitrogens with one attached hydrogen (secondary N) is 2. The van der Waals surface area contributed by atoms with Crippen LogP contribution in [-0.4, -0.2) is 34.9 Å². The molecule has 0 saturated heterocycles. The fraction of sp³-hybridized carbons (Fsp3) is 0.176. The lowest BCUT2D eigenvalue weighted by Gasteiger charge is -2.00. The minimum absolute atomic E-state index is 0.250. The van der Waals surface area contributed by atoms with Crippen LogP contribution in [-0.2, 0) is 4.74 Å². The molecule has 0 aliphatic heterocycles. The molecule has 0 bridgehead atoms. The number of benzene rings is 2. The summed E-state index contributed by atoms with van der Waals surface area (Å²) in [5.41, 5.74) is 1.65. The molecule has 24 heavy (non-hydrogen) atoms. The number of carbonyl (C=O) groups is 1. The fourth-order valence-electron chi connectivity index (χ4n) is 1.88. The number of nitrogens with zero attached hydrogens (tertiary/aromatic N) is 1. The van der Waals surface area contributed by atoms with Gasteiger partial charge in [-0.05, 0) is 37.3 Å². The van der Waals surface area contributed by atoms with E-state index in [0.717, 1.165) is 15.9 Å². The van der Waals surface area contributed by atoms with Gasteiger partial charge in [0.05, 0.1) is 18.1 Å². The summed E-state index contributed by atoms with van der Waals surface area (Å²) in [4.78, 5) is 20.8. The van der Waals surface area contributed by atoms with Gasteiger partial charge in [0.1, 0.15) is 0 Å². The van der Waals surface area contributed by atoms with Crippen LogP contribution in [0.3, 0.4) is 0 Å². The number of aliphatic hydroxyl groups is 1. The summed E-state index contributed by atoms with van der Waals surface area (Å²) in [7, 11) is 1.31. The minimum Gasteiger partial charge on any atom is -0.453 e. The molecular weight excluding hydrogens is 326 g/mol. The molecule has 0 radical (unpaired) electrons. The van der Waals surface area contributed by atoms with Crippen LogP contribution < -0.4 is 5.32 Å². The molecule has 0 aliphatic carbocycles. The van der Waals surface area contributed by atoms with Crippen molar-refractivity contribution in [3.05, 3.63) is 48.5 Å². The number of hydrogen-bond donors (Lipinski definition) is 3. The lowest BCUT2D eigenvalue weighted by molar-refractivity contribution is 0.186. The zero-order chi connectivity index (χ0) is 17.4. The molecule has 0 fully saturated rings. The number of aromatic nitrogens is 2. The summed E-state index contributed by atoms with van der Waals surface area (Å²) >= 11 is 1.66. The largest absolute Gasteiger partial charge is 0.453 e. The van der Waals surface area contributed by atoms with E-state index in [1.54, 1.807) is 18.7 Å². The summed E-state index contributed by atoms with van der Waals surface area (Å²) in [5, 5.41) is 10.1. The third-order valence-electron chi connectivity index (χ3n) is 2.84. The second-order valence-corrected chi connectivity index (χ2v) is 5.76. The van der Waals surface area contributed by atoms with Gasteiger partial charge < -0.3 is 14.8 Å². The van der Waals surface area contributed by atoms with Gasteiger partial charge in [0.25, 0.3) is 0 Å². The van der Waals surface area contributed by atoms with Gasteiger partial charge in [0.2, 0.25) is 5.95 Å². The van der Waals surface area contributed by atoms with Crippen LogP contribution in [0.2, 0.25) is 0 Å². The standard InChI is InChI=1S/C15H13N3O2S.C2H6O/c1-20-15(19)18-14-16-12-8-7-11(9-13(12)17-14)21-10-5-3-2-4-6-10;1-2-3/h2-9H,1H3,(H2,16,17,18,19);3H,2H2,1H3. The van der Waals surface area contributed by atoms with Crippen LogP contribution in [0.15, 0.2) is 58.3 Å². The van der Waals surface area contributed by atoms with Gasteiger partial charge in [-0.3, -0.25) is 5.32 Å². The first-order valence-electron chi connectivity index (χ1n) is 7.34. The Morgan fingerprint density at radius 2 is 1.96 bits per heavy atom. The number of methoxy groups -OCH3 is 1. The Balaban J connectivity index is 0.000000647. The maximum atomic E-state index is 11.2. The topological polar surface area (TPSA) is 87.2 Å². The number of aliphatic hydroxyl groups excluding tert-OH is 1. The molecule has 0 aliphatic rings. The van der Waals surface area contributed by atoms with E-state index in [9.17, 15) is 4.79 Å². The number of amides is 1. The second-order valence-electron chi connectivity index (χ2n) is 4.61. The van der Waals surface area contributed by atoms with Crippen molar-refractivity contribution in [2.75, 3.05) is 19.0 Å². The molecule has 0 unspecified atom stereocenters. The van der Waals surface area contributed by atoms with Crippen molar-refractivity contribution in [2.24, 2.45) is 0 Å². The molecule has 2 aromatic carbocycles. The predicted molar refractivity (Wildman–Crippen MR) is 95.4 cm³/mol. The van der Waals surface area contributed by atoms with E-state index in [1.807, 2.05) is 36.4 Å². The quantitative estimate of drug-likeness (QED) is 0.670. The van der Waals surface area contributed by atoms with Crippen LogP contribution >= 0.6 is 11.8 Å². The van der Waals surface area contributed by atoms with Crippen molar-refractivity contribution in [1.82, 2.24) is 9.97 Å². The third-order valence-corrected chi connectivity index (χ3v) is 3.84. The van der Waals surface area contributed by atoms with Gasteiger partial charge >= 0.3 is 6.09 Å². The Hall–Kier alpha value is -2.51. The van der Waals surface area contributed by atoms with Crippen molar-refractivity contribution < 1.29 is 14.6 Å². The summed E-state index contributed by atoms with van der Waals surface area (Å²) in [6.07, 6.45) is -0.548. The number of imidazole rings is 1. The Labute approximate surface area is 144 Å². The van der Waals surface area contributed by atoms with E-state index in [2.05, 4.69) is 32.2 Å². The minimum atomic E-state index is -0.548. The number of anilines is 1. The Morgan fingerprint density at radius 3 is 2.62 bits per heavy atom. The molecule has 1 aromatic heterocycles. The van der Waals surface area contributed by atoms with E-state index in [-0.39, 0.29) is 6.61 Å². The number of aromatic amines is 1. The molecule has 126 valence electrons. The molecule has 3 aromatic rings. The van der Waals surface area contributed by atoms with Crippen LogP contribution in [0.1, 0.15) is 6.92 Å². The van der Waals surface area contributed by atoms with E-state index in [0.29, 0.717) is 5.95 Å². The van der Waals surface area contributed by atoms with Gasteiger partial charge in [-0.2, -0.15) is 0 Å². The van der Waals surface area contributed by atoms with E-state index < -0.39 is 6.09 Å². The van der Waals surface area contributed by atoms with Gasteiger partial charge in [0.15, 0.2) is 0 Å². The Bertz CT molecular complexity index is 790. The molecule has 7 heteroatoms. The van der Waals surface area contributed by atoms with Crippen LogP contribution in [0.4, 0.5) is 10.7 Å². The molecule has 6 nitrogen and oxygen atoms in total. The first-order valence-corrected chi connectivity index (χ1v) is 8.16. The predicted octanol–water partition coefficient (Wildman–Crippen LogP) is 3.89. The molecular formula is C17H19N3O3S. The molecule has 3 rings (SSSR count). The summed E-state index contributed by atoms with van der Waals surface area (Å²) in [6, 6.07) is 16.1. The molecule has 0 spiro atoms. The number of H-pyrrole nitrogens is 1. The second kappa shape index (κ2) is 8.95. The summed E-state index contributed by atoms with van der Waals surface area (Å²) in [6.45, 7) is 1.93. The number of rotatable bonds is 3. The van der Waals surface area contributed by atoms with E-state index in [4.69, 9.17) is 5.11 Å². The lowest BCUT2D eigenvalue weighted by atomic mass is 10.3. The number of fused-ring (bicyclic) bond motifs is 1. The zero-order valence-corrected chi connectivity index (χ0v) is 14.3. The van der Waals surface area contributed by atoms with Crippen molar-refractivity contribution >= 4 is 34.8 Å². The first kappa shape index (κ1) is 17.8. The summed E-state index contributed by atoms with van der Waals surface area (Å²) < 4.78 is 4.54. The average molecular weight is 345 g/mol. The van der Waals surface area contributed by atoms with E-state index in [1.165, 1.54) is 12.0 Å². The lowest BCUT2D eigenvalue weighted by Crippen LogP contribution is -2.11. The van der Waals surface area contributed by atoms with Gasteiger partial charge in [-0.1, -0.05) is 30.0 Å². The van der Waals surface area contributed by atoms with Crippen molar-refractivity contribution in [3.63, 3.8) is 0 Å². The first-order chi connectivity index (χ1) is 11.7. The zero-order valence-electron chi connectivity index (χ0n) is 13.4. The van der Waals surface area contributed by atoms with E-state index >= 15 is 0 Å². The molecule has 1 heterocycles. The van der Waals surface area contributed by atoms with Crippen molar-refractivity contribution in [1.29, 1.82) is 0 Å². The number of hydrogen-bond acceptors (Lipinski definition) is 5. The molecule has 1 amide bonds. The highest BCUT2D eigenvalue weighted by Crippen LogP contribution is 2.29. The fourth-order valence-corrected chi connectivity index (χ4v) is 2.75. The Kier molecular flexibility index (Phi) is 6.65. The average Bonchev–Trinajstić information content (AvgIpc) is 2.98. The smallest absolute Gasteiger partial charge is 0.413 e. The number of ether oxygens (including phenoxy) is 1.